The van der Waals surface area contributed by atoms with Crippen molar-refractivity contribution in [3.05, 3.63) is 53.5 Å². The van der Waals surface area contributed by atoms with Crippen molar-refractivity contribution in [3.63, 3.8) is 0 Å². The number of halogens is 3. The third kappa shape index (κ3) is 3.36. The molecule has 0 saturated heterocycles. The minimum Gasteiger partial charge on any atom is -0.437 e. The summed E-state index contributed by atoms with van der Waals surface area (Å²) in [6, 6.07) is 6.29. The van der Waals surface area contributed by atoms with Crippen LogP contribution in [-0.4, -0.2) is 9.91 Å². The Kier molecular flexibility index (Phi) is 4.77. The molecule has 0 aliphatic carbocycles. The van der Waals surface area contributed by atoms with Crippen molar-refractivity contribution in [3.8, 4) is 11.6 Å². The Morgan fingerprint density at radius 3 is 2.25 bits per heavy atom. The maximum Gasteiger partial charge on any atom is 0.271 e. The van der Waals surface area contributed by atoms with Gasteiger partial charge in [0, 0.05) is 22.7 Å². The molecule has 0 spiro atoms. The molecule has 1 aromatic carbocycles. The monoisotopic (exact) mass is 464 g/mol. The van der Waals surface area contributed by atoms with Gasteiger partial charge in [0.25, 0.3) is 5.69 Å². The topological polar surface area (TPSA) is 65.3 Å². The fourth-order valence-corrected chi connectivity index (χ4v) is 2.98. The summed E-state index contributed by atoms with van der Waals surface area (Å²) in [5.41, 5.74) is 0.757. The number of hydrogen-bond donors (Lipinski definition) is 0. The molecule has 104 valence electrons. The summed E-state index contributed by atoms with van der Waals surface area (Å²) < 4.78 is 7.49. The number of nitro groups is 1. The molecule has 1 aromatic heterocycles. The molecular weight excluding hydrogens is 460 g/mol. The van der Waals surface area contributed by atoms with Crippen molar-refractivity contribution in [1.82, 2.24) is 4.98 Å². The van der Waals surface area contributed by atoms with Gasteiger partial charge in [-0.25, -0.2) is 4.98 Å². The fraction of sp³-hybridized carbons (Fsp3) is 0.0833. The molecule has 8 heteroatoms. The number of aromatic nitrogens is 1. The zero-order valence-corrected chi connectivity index (χ0v) is 14.8. The lowest BCUT2D eigenvalue weighted by Crippen LogP contribution is -1.94. The Labute approximate surface area is 139 Å². The van der Waals surface area contributed by atoms with Gasteiger partial charge in [0.05, 0.1) is 19.6 Å². The number of aryl methyl sites for hydroxylation is 1. The summed E-state index contributed by atoms with van der Waals surface area (Å²) in [6.45, 7) is 1.84. The minimum atomic E-state index is -0.471. The molecule has 2 aromatic rings. The van der Waals surface area contributed by atoms with Crippen molar-refractivity contribution in [2.45, 2.75) is 6.92 Å². The summed E-state index contributed by atoms with van der Waals surface area (Å²) in [7, 11) is 0. The first kappa shape index (κ1) is 15.4. The van der Waals surface area contributed by atoms with E-state index in [1.165, 1.54) is 12.1 Å². The van der Waals surface area contributed by atoms with E-state index in [1.54, 1.807) is 6.07 Å². The number of nitro benzene ring substituents is 1. The van der Waals surface area contributed by atoms with Crippen LogP contribution >= 0.6 is 47.8 Å². The largest absolute Gasteiger partial charge is 0.437 e. The lowest BCUT2D eigenvalue weighted by Gasteiger charge is -2.10. The van der Waals surface area contributed by atoms with Crippen LogP contribution in [0.4, 0.5) is 5.69 Å². The molecule has 0 saturated carbocycles. The van der Waals surface area contributed by atoms with Gasteiger partial charge in [-0.3, -0.25) is 10.1 Å². The van der Waals surface area contributed by atoms with Gasteiger partial charge in [0.2, 0.25) is 5.88 Å². The molecule has 0 amide bonds. The first-order valence-electron chi connectivity index (χ1n) is 5.33. The SMILES string of the molecule is Cc1nc(Oc2c(Br)cc([N+](=O)[O-])cc2Br)ccc1Br. The normalized spacial score (nSPS) is 10.4. The average molecular weight is 467 g/mol. The number of non-ortho nitro benzene ring substituents is 1. The van der Waals surface area contributed by atoms with Crippen LogP contribution in [0, 0.1) is 17.0 Å². The molecule has 0 radical (unpaired) electrons. The van der Waals surface area contributed by atoms with Crippen LogP contribution < -0.4 is 4.74 Å². The van der Waals surface area contributed by atoms with Crippen LogP contribution in [0.1, 0.15) is 5.69 Å². The molecule has 2 rings (SSSR count). The zero-order chi connectivity index (χ0) is 14.9. The molecular formula is C12H7Br3N2O3. The summed E-state index contributed by atoms with van der Waals surface area (Å²) in [5, 5.41) is 10.8. The Bertz CT molecular complexity index is 669. The highest BCUT2D eigenvalue weighted by Gasteiger charge is 2.16. The van der Waals surface area contributed by atoms with Gasteiger partial charge in [-0.2, -0.15) is 0 Å². The predicted molar refractivity (Wildman–Crippen MR) is 85.2 cm³/mol. The van der Waals surface area contributed by atoms with Gasteiger partial charge in [0.1, 0.15) is 0 Å². The number of nitrogens with zero attached hydrogens (tertiary/aromatic N) is 2. The van der Waals surface area contributed by atoms with Crippen LogP contribution in [0.2, 0.25) is 0 Å². The number of benzene rings is 1. The quantitative estimate of drug-likeness (QED) is 0.450. The molecule has 0 atom stereocenters. The van der Waals surface area contributed by atoms with E-state index in [1.807, 2.05) is 13.0 Å². The average Bonchev–Trinajstić information content (AvgIpc) is 2.37. The fourth-order valence-electron chi connectivity index (χ4n) is 1.43. The van der Waals surface area contributed by atoms with Crippen molar-refractivity contribution in [2.24, 2.45) is 0 Å². The van der Waals surface area contributed by atoms with E-state index in [2.05, 4.69) is 52.8 Å². The van der Waals surface area contributed by atoms with Gasteiger partial charge in [0.15, 0.2) is 5.75 Å². The number of rotatable bonds is 3. The van der Waals surface area contributed by atoms with E-state index in [4.69, 9.17) is 4.74 Å². The van der Waals surface area contributed by atoms with Gasteiger partial charge >= 0.3 is 0 Å². The predicted octanol–water partition coefficient (Wildman–Crippen LogP) is 5.38. The molecule has 0 bridgehead atoms. The van der Waals surface area contributed by atoms with E-state index >= 15 is 0 Å². The molecule has 0 unspecified atom stereocenters. The molecule has 0 fully saturated rings. The Morgan fingerprint density at radius 2 is 1.75 bits per heavy atom. The van der Waals surface area contributed by atoms with E-state index in [9.17, 15) is 10.1 Å². The van der Waals surface area contributed by atoms with Gasteiger partial charge in [-0.15, -0.1) is 0 Å². The van der Waals surface area contributed by atoms with Crippen LogP contribution in [0.5, 0.6) is 11.6 Å². The van der Waals surface area contributed by atoms with E-state index < -0.39 is 4.92 Å². The second-order valence-electron chi connectivity index (χ2n) is 3.81. The van der Waals surface area contributed by atoms with Crippen molar-refractivity contribution in [2.75, 3.05) is 0 Å². The second-order valence-corrected chi connectivity index (χ2v) is 6.38. The molecule has 20 heavy (non-hydrogen) atoms. The Morgan fingerprint density at radius 1 is 1.15 bits per heavy atom. The lowest BCUT2D eigenvalue weighted by atomic mass is 10.3. The third-order valence-corrected chi connectivity index (χ3v) is 4.41. The van der Waals surface area contributed by atoms with Crippen LogP contribution in [0.25, 0.3) is 0 Å². The van der Waals surface area contributed by atoms with E-state index in [0.717, 1.165) is 10.2 Å². The summed E-state index contributed by atoms with van der Waals surface area (Å²) in [5.74, 6) is 0.839. The third-order valence-electron chi connectivity index (χ3n) is 2.40. The first-order valence-corrected chi connectivity index (χ1v) is 7.71. The maximum atomic E-state index is 10.8. The highest BCUT2D eigenvalue weighted by Crippen LogP contribution is 2.39. The van der Waals surface area contributed by atoms with Crippen LogP contribution in [0.3, 0.4) is 0 Å². The summed E-state index contributed by atoms with van der Waals surface area (Å²) in [4.78, 5) is 14.6. The summed E-state index contributed by atoms with van der Waals surface area (Å²) >= 11 is 9.88. The molecule has 0 aliphatic heterocycles. The number of pyridine rings is 1. The van der Waals surface area contributed by atoms with Crippen molar-refractivity contribution >= 4 is 53.5 Å². The van der Waals surface area contributed by atoms with Gasteiger partial charge in [-0.1, -0.05) is 0 Å². The van der Waals surface area contributed by atoms with E-state index in [-0.39, 0.29) is 5.69 Å². The second kappa shape index (κ2) is 6.19. The first-order chi connectivity index (χ1) is 9.38. The standard InChI is InChI=1S/C12H7Br3N2O3/c1-6-8(13)2-3-11(16-6)20-12-9(14)4-7(17(18)19)5-10(12)15/h2-5H,1H3. The molecule has 0 aliphatic rings. The lowest BCUT2D eigenvalue weighted by molar-refractivity contribution is -0.385. The molecule has 5 nitrogen and oxygen atoms in total. The Balaban J connectivity index is 2.38. The number of hydrogen-bond acceptors (Lipinski definition) is 4. The van der Waals surface area contributed by atoms with Gasteiger partial charge in [-0.05, 0) is 60.8 Å². The molecule has 1 heterocycles. The maximum absolute atomic E-state index is 10.8. The summed E-state index contributed by atoms with van der Waals surface area (Å²) in [6.07, 6.45) is 0. The van der Waals surface area contributed by atoms with Crippen LogP contribution in [-0.2, 0) is 0 Å². The van der Waals surface area contributed by atoms with E-state index in [0.29, 0.717) is 20.6 Å². The number of ether oxygens (including phenoxy) is 1. The Hall–Kier alpha value is -0.990. The van der Waals surface area contributed by atoms with Crippen molar-refractivity contribution in [1.29, 1.82) is 0 Å². The van der Waals surface area contributed by atoms with Crippen LogP contribution in [0.15, 0.2) is 37.7 Å². The minimum absolute atomic E-state index is 0.0314. The zero-order valence-electron chi connectivity index (χ0n) is 10.1. The van der Waals surface area contributed by atoms with Crippen molar-refractivity contribution < 1.29 is 9.66 Å². The highest BCUT2D eigenvalue weighted by atomic mass is 79.9. The van der Waals surface area contributed by atoms with Gasteiger partial charge < -0.3 is 4.74 Å². The smallest absolute Gasteiger partial charge is 0.271 e. The molecule has 0 N–H and O–H groups in total. The highest BCUT2D eigenvalue weighted by molar-refractivity contribution is 9.11.